The number of carbonyl (C=O) groups is 1. The summed E-state index contributed by atoms with van der Waals surface area (Å²) in [6, 6.07) is 19.5. The van der Waals surface area contributed by atoms with Crippen LogP contribution in [0.25, 0.3) is 10.8 Å². The monoisotopic (exact) mass is 346 g/mol. The van der Waals surface area contributed by atoms with Crippen molar-refractivity contribution in [2.24, 2.45) is 5.92 Å². The van der Waals surface area contributed by atoms with Crippen molar-refractivity contribution in [2.75, 3.05) is 13.1 Å². The maximum atomic E-state index is 13.0. The average molecular weight is 346 g/mol. The van der Waals surface area contributed by atoms with Gasteiger partial charge in [-0.15, -0.1) is 0 Å². The molecule has 1 N–H and O–H groups in total. The maximum absolute atomic E-state index is 13.0. The van der Waals surface area contributed by atoms with Crippen LogP contribution >= 0.6 is 0 Å². The Balaban J connectivity index is 1.47. The summed E-state index contributed by atoms with van der Waals surface area (Å²) >= 11 is 0. The lowest BCUT2D eigenvalue weighted by Gasteiger charge is -2.34. The summed E-state index contributed by atoms with van der Waals surface area (Å²) in [4.78, 5) is 19.2. The van der Waals surface area contributed by atoms with E-state index in [0.29, 0.717) is 18.8 Å². The Kier molecular flexibility index (Phi) is 4.67. The molecule has 1 saturated heterocycles. The standard InChI is InChI=1S/C22H22N2O2/c25-21(17-7-2-1-3-8-17)18-11-14-24(15-12-18)22(26)20-19-9-5-4-6-16(19)10-13-23-20/h1-10,13,18,21,25H,11-12,14-15H2. The van der Waals surface area contributed by atoms with Crippen LogP contribution in [0.3, 0.4) is 0 Å². The van der Waals surface area contributed by atoms with Gasteiger partial charge in [0.05, 0.1) is 6.10 Å². The quantitative estimate of drug-likeness (QED) is 0.784. The maximum Gasteiger partial charge on any atom is 0.273 e. The molecule has 4 heteroatoms. The van der Waals surface area contributed by atoms with Crippen LogP contribution in [0.1, 0.15) is 35.0 Å². The van der Waals surface area contributed by atoms with Gasteiger partial charge in [0.15, 0.2) is 0 Å². The molecule has 1 fully saturated rings. The zero-order chi connectivity index (χ0) is 17.9. The van der Waals surface area contributed by atoms with Gasteiger partial charge in [0.2, 0.25) is 0 Å². The largest absolute Gasteiger partial charge is 0.388 e. The number of piperidine rings is 1. The van der Waals surface area contributed by atoms with Crippen molar-refractivity contribution in [1.82, 2.24) is 9.88 Å². The van der Waals surface area contributed by atoms with Crippen molar-refractivity contribution in [1.29, 1.82) is 0 Å². The van der Waals surface area contributed by atoms with Crippen LogP contribution in [-0.4, -0.2) is 34.0 Å². The molecule has 3 aromatic rings. The van der Waals surface area contributed by atoms with Crippen LogP contribution < -0.4 is 0 Å². The molecule has 4 rings (SSSR count). The molecule has 1 atom stereocenters. The second-order valence-corrected chi connectivity index (χ2v) is 6.87. The fourth-order valence-electron chi connectivity index (χ4n) is 3.78. The second-order valence-electron chi connectivity index (χ2n) is 6.87. The van der Waals surface area contributed by atoms with Gasteiger partial charge < -0.3 is 10.0 Å². The molecule has 1 aliphatic heterocycles. The molecule has 132 valence electrons. The summed E-state index contributed by atoms with van der Waals surface area (Å²) in [6.45, 7) is 1.30. The number of likely N-dealkylation sites (tertiary alicyclic amines) is 1. The Morgan fingerprint density at radius 3 is 2.46 bits per heavy atom. The molecule has 0 bridgehead atoms. The summed E-state index contributed by atoms with van der Waals surface area (Å²) in [6.07, 6.45) is 2.82. The van der Waals surface area contributed by atoms with Crippen LogP contribution in [0.4, 0.5) is 0 Å². The number of aliphatic hydroxyl groups excluding tert-OH is 1. The van der Waals surface area contributed by atoms with E-state index in [1.165, 1.54) is 0 Å². The lowest BCUT2D eigenvalue weighted by Crippen LogP contribution is -2.40. The molecule has 1 unspecified atom stereocenters. The van der Waals surface area contributed by atoms with Gasteiger partial charge in [-0.05, 0) is 35.8 Å². The van der Waals surface area contributed by atoms with Crippen LogP contribution in [-0.2, 0) is 0 Å². The lowest BCUT2D eigenvalue weighted by molar-refractivity contribution is 0.0460. The van der Waals surface area contributed by atoms with Gasteiger partial charge in [-0.25, -0.2) is 0 Å². The number of rotatable bonds is 3. The molecule has 2 aromatic carbocycles. The first-order valence-corrected chi connectivity index (χ1v) is 9.10. The first kappa shape index (κ1) is 16.7. The highest BCUT2D eigenvalue weighted by Crippen LogP contribution is 2.31. The van der Waals surface area contributed by atoms with E-state index in [0.717, 1.165) is 29.2 Å². The minimum Gasteiger partial charge on any atom is -0.388 e. The van der Waals surface area contributed by atoms with Crippen molar-refractivity contribution in [3.63, 3.8) is 0 Å². The zero-order valence-electron chi connectivity index (χ0n) is 14.6. The highest BCUT2D eigenvalue weighted by atomic mass is 16.3. The smallest absolute Gasteiger partial charge is 0.273 e. The third-order valence-electron chi connectivity index (χ3n) is 5.29. The topological polar surface area (TPSA) is 53.4 Å². The first-order valence-electron chi connectivity index (χ1n) is 9.10. The normalized spacial score (nSPS) is 16.6. The molecule has 1 aromatic heterocycles. The van der Waals surface area contributed by atoms with Crippen molar-refractivity contribution >= 4 is 16.7 Å². The van der Waals surface area contributed by atoms with Gasteiger partial charge in [0.25, 0.3) is 5.91 Å². The van der Waals surface area contributed by atoms with E-state index in [-0.39, 0.29) is 11.8 Å². The third-order valence-corrected chi connectivity index (χ3v) is 5.29. The molecule has 0 radical (unpaired) electrons. The van der Waals surface area contributed by atoms with Gasteiger partial charge in [0, 0.05) is 24.7 Å². The van der Waals surface area contributed by atoms with Crippen molar-refractivity contribution in [3.05, 3.63) is 78.1 Å². The molecular weight excluding hydrogens is 324 g/mol. The number of benzene rings is 2. The molecule has 4 nitrogen and oxygen atoms in total. The van der Waals surface area contributed by atoms with Crippen LogP contribution in [0, 0.1) is 5.92 Å². The molecule has 2 heterocycles. The Morgan fingerprint density at radius 2 is 1.69 bits per heavy atom. The summed E-state index contributed by atoms with van der Waals surface area (Å²) in [5, 5.41) is 12.5. The predicted molar refractivity (Wildman–Crippen MR) is 102 cm³/mol. The SMILES string of the molecule is O=C(c1nccc2ccccc12)N1CCC(C(O)c2ccccc2)CC1. The third kappa shape index (κ3) is 3.20. The van der Waals surface area contributed by atoms with Crippen LogP contribution in [0.2, 0.25) is 0 Å². The van der Waals surface area contributed by atoms with Crippen molar-refractivity contribution < 1.29 is 9.90 Å². The fraction of sp³-hybridized carbons (Fsp3) is 0.273. The Morgan fingerprint density at radius 1 is 1.00 bits per heavy atom. The summed E-state index contributed by atoms with van der Waals surface area (Å²) in [7, 11) is 0. The van der Waals surface area contributed by atoms with E-state index in [4.69, 9.17) is 0 Å². The Labute approximate surface area is 153 Å². The van der Waals surface area contributed by atoms with Gasteiger partial charge in [-0.3, -0.25) is 9.78 Å². The lowest BCUT2D eigenvalue weighted by atomic mass is 9.87. The predicted octanol–water partition coefficient (Wildman–Crippen LogP) is 3.82. The number of amides is 1. The minimum absolute atomic E-state index is 0.0190. The molecule has 0 aliphatic carbocycles. The van der Waals surface area contributed by atoms with E-state index in [1.807, 2.05) is 65.6 Å². The highest BCUT2D eigenvalue weighted by molar-refractivity contribution is 6.05. The number of fused-ring (bicyclic) bond motifs is 1. The zero-order valence-corrected chi connectivity index (χ0v) is 14.6. The van der Waals surface area contributed by atoms with E-state index >= 15 is 0 Å². The van der Waals surface area contributed by atoms with Crippen molar-refractivity contribution in [2.45, 2.75) is 18.9 Å². The number of hydrogen-bond acceptors (Lipinski definition) is 3. The fourth-order valence-corrected chi connectivity index (χ4v) is 3.78. The van der Waals surface area contributed by atoms with Gasteiger partial charge in [0.1, 0.15) is 5.69 Å². The summed E-state index contributed by atoms with van der Waals surface area (Å²) in [5.74, 6) is 0.163. The number of pyridine rings is 1. The number of aliphatic hydroxyl groups is 1. The van der Waals surface area contributed by atoms with E-state index in [9.17, 15) is 9.90 Å². The van der Waals surface area contributed by atoms with E-state index in [2.05, 4.69) is 4.98 Å². The van der Waals surface area contributed by atoms with Gasteiger partial charge in [-0.2, -0.15) is 0 Å². The molecule has 1 aliphatic rings. The van der Waals surface area contributed by atoms with Gasteiger partial charge in [-0.1, -0.05) is 54.6 Å². The molecule has 1 amide bonds. The van der Waals surface area contributed by atoms with Crippen LogP contribution in [0.15, 0.2) is 66.9 Å². The summed E-state index contributed by atoms with van der Waals surface area (Å²) in [5.41, 5.74) is 1.47. The second kappa shape index (κ2) is 7.26. The van der Waals surface area contributed by atoms with Crippen LogP contribution in [0.5, 0.6) is 0 Å². The number of hydrogen-bond donors (Lipinski definition) is 1. The molecule has 0 saturated carbocycles. The minimum atomic E-state index is -0.468. The Bertz CT molecular complexity index is 897. The average Bonchev–Trinajstić information content (AvgIpc) is 2.73. The molecule has 26 heavy (non-hydrogen) atoms. The summed E-state index contributed by atoms with van der Waals surface area (Å²) < 4.78 is 0. The number of nitrogens with zero attached hydrogens (tertiary/aromatic N) is 2. The van der Waals surface area contributed by atoms with Gasteiger partial charge >= 0.3 is 0 Å². The molecular formula is C22H22N2O2. The van der Waals surface area contributed by atoms with E-state index in [1.54, 1.807) is 6.20 Å². The highest BCUT2D eigenvalue weighted by Gasteiger charge is 2.29. The Hall–Kier alpha value is -2.72. The van der Waals surface area contributed by atoms with Crippen molar-refractivity contribution in [3.8, 4) is 0 Å². The molecule has 0 spiro atoms. The number of carbonyl (C=O) groups excluding carboxylic acids is 1. The van der Waals surface area contributed by atoms with E-state index < -0.39 is 6.10 Å². The number of aromatic nitrogens is 1. The first-order chi connectivity index (χ1) is 12.7.